The summed E-state index contributed by atoms with van der Waals surface area (Å²) in [6.45, 7) is 0. The second-order valence-corrected chi connectivity index (χ2v) is 8.80. The predicted molar refractivity (Wildman–Crippen MR) is 99.9 cm³/mol. The molecule has 0 saturated heterocycles. The Hall–Kier alpha value is -2.00. The van der Waals surface area contributed by atoms with E-state index in [0.717, 1.165) is 9.01 Å². The average molecular weight is 396 g/mol. The number of carbonyl (C=O) groups is 1. The van der Waals surface area contributed by atoms with Crippen molar-refractivity contribution in [3.05, 3.63) is 52.5 Å². The van der Waals surface area contributed by atoms with Crippen molar-refractivity contribution in [2.24, 2.45) is 0 Å². The number of halogens is 1. The number of benzene rings is 2. The van der Waals surface area contributed by atoms with Crippen LogP contribution >= 0.6 is 22.9 Å². The van der Waals surface area contributed by atoms with Crippen molar-refractivity contribution in [3.8, 4) is 0 Å². The summed E-state index contributed by atoms with van der Waals surface area (Å²) in [5, 5.41) is 3.33. The van der Waals surface area contributed by atoms with Gasteiger partial charge in [-0.1, -0.05) is 11.6 Å². The third-order valence-corrected chi connectivity index (χ3v) is 6.57. The molecule has 0 bridgehead atoms. The van der Waals surface area contributed by atoms with Crippen LogP contribution in [0.15, 0.2) is 46.8 Å². The first-order valence-electron chi connectivity index (χ1n) is 7.16. The number of nitrogens with one attached hydrogen (secondary N) is 1. The van der Waals surface area contributed by atoms with Crippen molar-refractivity contribution in [2.45, 2.75) is 4.90 Å². The molecule has 1 aromatic heterocycles. The number of sulfonamides is 1. The van der Waals surface area contributed by atoms with Crippen LogP contribution in [0.3, 0.4) is 0 Å². The molecule has 0 saturated carbocycles. The van der Waals surface area contributed by atoms with E-state index in [1.165, 1.54) is 49.7 Å². The van der Waals surface area contributed by atoms with Crippen LogP contribution in [0.5, 0.6) is 0 Å². The normalized spacial score (nSPS) is 11.8. The smallest absolute Gasteiger partial charge is 0.255 e. The lowest BCUT2D eigenvalue weighted by molar-refractivity contribution is 0.102. The van der Waals surface area contributed by atoms with Gasteiger partial charge in [0, 0.05) is 19.7 Å². The molecule has 0 radical (unpaired) electrons. The molecule has 0 aliphatic heterocycles. The van der Waals surface area contributed by atoms with Crippen LogP contribution in [0.4, 0.5) is 5.69 Å². The molecule has 1 heterocycles. The molecule has 3 aromatic rings. The molecule has 130 valence electrons. The van der Waals surface area contributed by atoms with E-state index in [1.807, 2.05) is 0 Å². The van der Waals surface area contributed by atoms with Crippen LogP contribution < -0.4 is 5.32 Å². The highest BCUT2D eigenvalue weighted by Crippen LogP contribution is 2.32. The summed E-state index contributed by atoms with van der Waals surface area (Å²) in [6, 6.07) is 9.16. The van der Waals surface area contributed by atoms with Crippen molar-refractivity contribution in [1.82, 2.24) is 9.29 Å². The summed E-state index contributed by atoms with van der Waals surface area (Å²) in [7, 11) is -0.614. The van der Waals surface area contributed by atoms with Gasteiger partial charge in [0.1, 0.15) is 5.52 Å². The third kappa shape index (κ3) is 3.38. The first-order chi connectivity index (χ1) is 11.8. The fourth-order valence-corrected chi connectivity index (χ4v) is 4.15. The highest BCUT2D eigenvalue weighted by Gasteiger charge is 2.18. The Morgan fingerprint density at radius 1 is 1.16 bits per heavy atom. The molecule has 1 amide bonds. The second-order valence-electron chi connectivity index (χ2n) is 5.39. The molecular formula is C16H14ClN3O3S2. The Labute approximate surface area is 154 Å². The molecule has 6 nitrogen and oxygen atoms in total. The van der Waals surface area contributed by atoms with Crippen LogP contribution in [-0.2, 0) is 10.0 Å². The number of anilines is 1. The van der Waals surface area contributed by atoms with Crippen molar-refractivity contribution < 1.29 is 13.2 Å². The molecular weight excluding hydrogens is 382 g/mol. The third-order valence-electron chi connectivity index (χ3n) is 3.58. The standard InChI is InChI=1S/C16H14ClN3O3S2/c1-20(2)25(22,23)11-5-3-10(4-6-11)16(21)19-13-8-7-12(17)14-15(13)24-9-18-14/h3-9H,1-2H3,(H,19,21). The number of hydrogen-bond donors (Lipinski definition) is 1. The first-order valence-corrected chi connectivity index (χ1v) is 9.86. The van der Waals surface area contributed by atoms with Crippen molar-refractivity contribution >= 4 is 54.8 Å². The Kier molecular flexibility index (Phi) is 4.79. The lowest BCUT2D eigenvalue weighted by atomic mass is 10.2. The second kappa shape index (κ2) is 6.72. The molecule has 0 fully saturated rings. The van der Waals surface area contributed by atoms with Crippen LogP contribution in [0.1, 0.15) is 10.4 Å². The van der Waals surface area contributed by atoms with Crippen LogP contribution in [0.2, 0.25) is 5.02 Å². The van der Waals surface area contributed by atoms with Crippen molar-refractivity contribution in [1.29, 1.82) is 0 Å². The zero-order valence-electron chi connectivity index (χ0n) is 13.4. The van der Waals surface area contributed by atoms with Gasteiger partial charge in [-0.15, -0.1) is 11.3 Å². The zero-order valence-corrected chi connectivity index (χ0v) is 15.7. The molecule has 0 unspecified atom stereocenters. The van der Waals surface area contributed by atoms with Gasteiger partial charge in [0.15, 0.2) is 0 Å². The van der Waals surface area contributed by atoms with Gasteiger partial charge in [-0.25, -0.2) is 17.7 Å². The minimum absolute atomic E-state index is 0.130. The fourth-order valence-electron chi connectivity index (χ4n) is 2.20. The Morgan fingerprint density at radius 3 is 2.48 bits per heavy atom. The van der Waals surface area contributed by atoms with Crippen LogP contribution in [-0.4, -0.2) is 37.7 Å². The number of nitrogens with zero attached hydrogens (tertiary/aromatic N) is 2. The molecule has 0 aliphatic carbocycles. The summed E-state index contributed by atoms with van der Waals surface area (Å²) in [5.41, 5.74) is 3.26. The molecule has 0 aliphatic rings. The quantitative estimate of drug-likeness (QED) is 0.733. The lowest BCUT2D eigenvalue weighted by Crippen LogP contribution is -2.22. The summed E-state index contributed by atoms with van der Waals surface area (Å²) in [6.07, 6.45) is 0. The number of rotatable bonds is 4. The van der Waals surface area contributed by atoms with Gasteiger partial charge in [0.25, 0.3) is 5.91 Å². The number of thiazole rings is 1. The largest absolute Gasteiger partial charge is 0.321 e. The van der Waals surface area contributed by atoms with Crippen LogP contribution in [0, 0.1) is 0 Å². The Balaban J connectivity index is 1.86. The highest BCUT2D eigenvalue weighted by atomic mass is 35.5. The molecule has 25 heavy (non-hydrogen) atoms. The van der Waals surface area contributed by atoms with E-state index in [4.69, 9.17) is 11.6 Å². The fraction of sp³-hybridized carbons (Fsp3) is 0.125. The highest BCUT2D eigenvalue weighted by molar-refractivity contribution is 7.89. The summed E-state index contributed by atoms with van der Waals surface area (Å²) < 4.78 is 26.0. The van der Waals surface area contributed by atoms with Gasteiger partial charge >= 0.3 is 0 Å². The SMILES string of the molecule is CN(C)S(=O)(=O)c1ccc(C(=O)Nc2ccc(Cl)c3ncsc23)cc1. The monoisotopic (exact) mass is 395 g/mol. The van der Waals surface area contributed by atoms with E-state index in [-0.39, 0.29) is 10.8 Å². The van der Waals surface area contributed by atoms with Gasteiger partial charge in [0.05, 0.1) is 25.8 Å². The number of amides is 1. The van der Waals surface area contributed by atoms with E-state index >= 15 is 0 Å². The van der Waals surface area contributed by atoms with E-state index in [9.17, 15) is 13.2 Å². The van der Waals surface area contributed by atoms with Gasteiger partial charge in [-0.05, 0) is 36.4 Å². The number of hydrogen-bond acceptors (Lipinski definition) is 5. The van der Waals surface area contributed by atoms with E-state index in [2.05, 4.69) is 10.3 Å². The lowest BCUT2D eigenvalue weighted by Gasteiger charge is -2.12. The molecule has 1 N–H and O–H groups in total. The predicted octanol–water partition coefficient (Wildman–Crippen LogP) is 3.45. The zero-order chi connectivity index (χ0) is 18.2. The van der Waals surface area contributed by atoms with E-state index in [0.29, 0.717) is 21.8 Å². The summed E-state index contributed by atoms with van der Waals surface area (Å²) in [5.74, 6) is -0.342. The van der Waals surface area contributed by atoms with Crippen molar-refractivity contribution in [3.63, 3.8) is 0 Å². The summed E-state index contributed by atoms with van der Waals surface area (Å²) >= 11 is 7.46. The van der Waals surface area contributed by atoms with E-state index in [1.54, 1.807) is 17.6 Å². The van der Waals surface area contributed by atoms with Gasteiger partial charge in [-0.2, -0.15) is 0 Å². The Bertz CT molecular complexity index is 1040. The molecule has 0 atom stereocenters. The maximum atomic E-state index is 12.4. The average Bonchev–Trinajstić information content (AvgIpc) is 3.08. The number of fused-ring (bicyclic) bond motifs is 1. The van der Waals surface area contributed by atoms with Gasteiger partial charge in [0.2, 0.25) is 10.0 Å². The van der Waals surface area contributed by atoms with Crippen molar-refractivity contribution in [2.75, 3.05) is 19.4 Å². The van der Waals surface area contributed by atoms with Gasteiger partial charge < -0.3 is 5.32 Å². The first kappa shape index (κ1) is 17.8. The van der Waals surface area contributed by atoms with Crippen LogP contribution in [0.25, 0.3) is 10.2 Å². The number of carbonyl (C=O) groups excluding carboxylic acids is 1. The molecule has 0 spiro atoms. The molecule has 9 heteroatoms. The topological polar surface area (TPSA) is 79.4 Å². The van der Waals surface area contributed by atoms with E-state index < -0.39 is 10.0 Å². The maximum Gasteiger partial charge on any atom is 0.255 e. The molecule has 2 aromatic carbocycles. The Morgan fingerprint density at radius 2 is 1.84 bits per heavy atom. The number of aromatic nitrogens is 1. The maximum absolute atomic E-state index is 12.4. The summed E-state index contributed by atoms with van der Waals surface area (Å²) in [4.78, 5) is 16.7. The minimum Gasteiger partial charge on any atom is -0.321 e. The van der Waals surface area contributed by atoms with Gasteiger partial charge in [-0.3, -0.25) is 4.79 Å². The minimum atomic E-state index is -3.52. The molecule has 3 rings (SSSR count).